The maximum Gasteiger partial charge on any atom is 0.337 e. The largest absolute Gasteiger partial charge is 0.492 e. The average molecular weight is 495 g/mol. The number of para-hydroxylation sites is 2. The van der Waals surface area contributed by atoms with Crippen LogP contribution >= 0.6 is 0 Å². The Balaban J connectivity index is 0.000000844. The first kappa shape index (κ1) is 30.2. The number of nitrogens with zero attached hydrogens (tertiary/aromatic N) is 2. The van der Waals surface area contributed by atoms with Gasteiger partial charge in [-0.15, -0.1) is 0 Å². The number of methoxy groups -OCH3 is 1. The Labute approximate surface area is 215 Å². The summed E-state index contributed by atoms with van der Waals surface area (Å²) in [4.78, 5) is 30.3. The van der Waals surface area contributed by atoms with E-state index >= 15 is 0 Å². The van der Waals surface area contributed by atoms with E-state index in [0.717, 1.165) is 0 Å². The molecule has 0 saturated carbocycles. The van der Waals surface area contributed by atoms with Crippen molar-refractivity contribution in [2.24, 2.45) is 0 Å². The fourth-order valence-corrected chi connectivity index (χ4v) is 3.06. The molecule has 3 aromatic rings. The summed E-state index contributed by atoms with van der Waals surface area (Å²) in [7, 11) is 1.33. The van der Waals surface area contributed by atoms with Crippen LogP contribution in [0, 0.1) is 0 Å². The van der Waals surface area contributed by atoms with Gasteiger partial charge >= 0.3 is 5.97 Å². The fraction of sp³-hybridized carbons (Fsp3) is 0.345. The third-order valence-electron chi connectivity index (χ3n) is 4.50. The number of carbonyl (C=O) groups excluding carboxylic acids is 2. The molecule has 0 fully saturated rings. The number of anilines is 1. The molecule has 194 valence electrons. The maximum atomic E-state index is 13.1. The number of aromatic nitrogens is 1. The topological polar surface area (TPSA) is 78.0 Å². The van der Waals surface area contributed by atoms with E-state index in [0.29, 0.717) is 40.6 Å². The average Bonchev–Trinajstić information content (AvgIpc) is 3.05. The van der Waals surface area contributed by atoms with Crippen LogP contribution < -0.4 is 14.4 Å². The molecule has 0 aliphatic carbocycles. The minimum Gasteiger partial charge on any atom is -0.492 e. The Hall–Kier alpha value is -3.87. The van der Waals surface area contributed by atoms with Crippen LogP contribution in [0.2, 0.25) is 0 Å². The number of ether oxygens (including phenoxy) is 3. The molecule has 7 heteroatoms. The van der Waals surface area contributed by atoms with Crippen LogP contribution in [0.15, 0.2) is 67.0 Å². The second-order valence-corrected chi connectivity index (χ2v) is 6.97. The summed E-state index contributed by atoms with van der Waals surface area (Å²) < 4.78 is 16.4. The van der Waals surface area contributed by atoms with Crippen LogP contribution in [-0.2, 0) is 4.74 Å². The standard InChI is InChI=1S/C22H18N2O5.C3H8.2C2H6/c1-27-22(26)15-6-8-16(9-7-15)28-13-12-24-18-4-2-3-5-19(18)29-20-14-23-11-10-17(20)21(24)25;1-3-2;2*1-2/h2-11,14H,12-13H2,1H3;3H2,1-2H3;2*1-2H3. The molecule has 7 nitrogen and oxygen atoms in total. The summed E-state index contributed by atoms with van der Waals surface area (Å²) in [6.07, 6.45) is 4.35. The molecule has 0 saturated heterocycles. The molecule has 2 aromatic carbocycles. The van der Waals surface area contributed by atoms with Crippen molar-refractivity contribution in [3.63, 3.8) is 0 Å². The lowest BCUT2D eigenvalue weighted by molar-refractivity contribution is 0.0600. The molecule has 0 spiro atoms. The Morgan fingerprint density at radius 2 is 1.58 bits per heavy atom. The molecule has 0 radical (unpaired) electrons. The molecule has 0 unspecified atom stereocenters. The molecular formula is C29H38N2O5. The normalized spacial score (nSPS) is 10.8. The van der Waals surface area contributed by atoms with E-state index in [1.807, 2.05) is 52.0 Å². The number of rotatable bonds is 5. The van der Waals surface area contributed by atoms with Gasteiger partial charge in [-0.25, -0.2) is 4.79 Å². The predicted molar refractivity (Wildman–Crippen MR) is 144 cm³/mol. The third-order valence-corrected chi connectivity index (χ3v) is 4.50. The Kier molecular flexibility index (Phi) is 14.0. The van der Waals surface area contributed by atoms with Gasteiger partial charge in [-0.1, -0.05) is 60.1 Å². The number of fused-ring (bicyclic) bond motifs is 2. The van der Waals surface area contributed by atoms with Gasteiger partial charge in [-0.05, 0) is 42.5 Å². The quantitative estimate of drug-likeness (QED) is 0.350. The molecular weight excluding hydrogens is 456 g/mol. The Bertz CT molecular complexity index is 1070. The predicted octanol–water partition coefficient (Wildman–Crippen LogP) is 7.17. The van der Waals surface area contributed by atoms with Crippen molar-refractivity contribution in [2.75, 3.05) is 25.2 Å². The molecule has 36 heavy (non-hydrogen) atoms. The SMILES string of the molecule is CC.CC.CCC.COC(=O)c1ccc(OCCN2C(=O)c3ccncc3Oc3ccccc32)cc1. The first-order valence-electron chi connectivity index (χ1n) is 12.4. The van der Waals surface area contributed by atoms with Crippen LogP contribution in [0.1, 0.15) is 68.7 Å². The van der Waals surface area contributed by atoms with E-state index in [9.17, 15) is 9.59 Å². The monoisotopic (exact) mass is 494 g/mol. The van der Waals surface area contributed by atoms with E-state index in [1.165, 1.54) is 19.7 Å². The lowest BCUT2D eigenvalue weighted by atomic mass is 10.2. The summed E-state index contributed by atoms with van der Waals surface area (Å²) >= 11 is 0. The summed E-state index contributed by atoms with van der Waals surface area (Å²) in [5.74, 6) is 1.00. The van der Waals surface area contributed by atoms with Crippen LogP contribution in [0.4, 0.5) is 5.69 Å². The smallest absolute Gasteiger partial charge is 0.337 e. The molecule has 1 amide bonds. The number of amides is 1. The first-order chi connectivity index (χ1) is 17.6. The first-order valence-corrected chi connectivity index (χ1v) is 12.4. The highest BCUT2D eigenvalue weighted by Crippen LogP contribution is 2.38. The molecule has 1 aromatic heterocycles. The van der Waals surface area contributed by atoms with Crippen molar-refractivity contribution in [2.45, 2.75) is 48.0 Å². The number of benzene rings is 2. The molecule has 0 N–H and O–H groups in total. The molecule has 1 aliphatic heterocycles. The number of hydrogen-bond donors (Lipinski definition) is 0. The van der Waals surface area contributed by atoms with Gasteiger partial charge in [0.05, 0.1) is 36.7 Å². The number of esters is 1. The highest BCUT2D eigenvalue weighted by atomic mass is 16.5. The molecule has 0 bridgehead atoms. The van der Waals surface area contributed by atoms with Gasteiger partial charge in [0.25, 0.3) is 5.91 Å². The van der Waals surface area contributed by atoms with Crippen molar-refractivity contribution in [1.29, 1.82) is 0 Å². The van der Waals surface area contributed by atoms with Crippen molar-refractivity contribution in [1.82, 2.24) is 4.98 Å². The minimum atomic E-state index is -0.406. The molecule has 2 heterocycles. The van der Waals surface area contributed by atoms with E-state index in [4.69, 9.17) is 9.47 Å². The van der Waals surface area contributed by atoms with Gasteiger partial charge in [0.15, 0.2) is 11.5 Å². The lowest BCUT2D eigenvalue weighted by Crippen LogP contribution is -2.34. The van der Waals surface area contributed by atoms with Crippen LogP contribution in [0.3, 0.4) is 0 Å². The molecule has 1 aliphatic rings. The van der Waals surface area contributed by atoms with Crippen molar-refractivity contribution in [3.8, 4) is 17.2 Å². The maximum absolute atomic E-state index is 13.1. The van der Waals surface area contributed by atoms with Crippen LogP contribution in [-0.4, -0.2) is 37.1 Å². The Morgan fingerprint density at radius 1 is 0.944 bits per heavy atom. The van der Waals surface area contributed by atoms with Crippen LogP contribution in [0.25, 0.3) is 0 Å². The highest BCUT2D eigenvalue weighted by Gasteiger charge is 2.28. The number of pyridine rings is 1. The van der Waals surface area contributed by atoms with Gasteiger partial charge in [0.2, 0.25) is 0 Å². The second kappa shape index (κ2) is 16.7. The summed E-state index contributed by atoms with van der Waals surface area (Å²) in [6, 6.07) is 15.6. The van der Waals surface area contributed by atoms with Crippen molar-refractivity contribution >= 4 is 17.6 Å². The fourth-order valence-electron chi connectivity index (χ4n) is 3.06. The van der Waals surface area contributed by atoms with Gasteiger partial charge < -0.3 is 19.1 Å². The van der Waals surface area contributed by atoms with Crippen LogP contribution in [0.5, 0.6) is 17.2 Å². The van der Waals surface area contributed by atoms with E-state index in [1.54, 1.807) is 41.4 Å². The molecule has 0 atom stereocenters. The number of carbonyl (C=O) groups is 2. The Morgan fingerprint density at radius 3 is 2.22 bits per heavy atom. The van der Waals surface area contributed by atoms with Gasteiger partial charge in [0.1, 0.15) is 12.4 Å². The summed E-state index contributed by atoms with van der Waals surface area (Å²) in [5.41, 5.74) is 1.55. The lowest BCUT2D eigenvalue weighted by Gasteiger charge is -2.22. The van der Waals surface area contributed by atoms with Crippen molar-refractivity contribution in [3.05, 3.63) is 78.1 Å². The zero-order valence-corrected chi connectivity index (χ0v) is 22.4. The molecule has 4 rings (SSSR count). The van der Waals surface area contributed by atoms with E-state index in [2.05, 4.69) is 23.6 Å². The summed E-state index contributed by atoms with van der Waals surface area (Å²) in [6.45, 7) is 12.8. The van der Waals surface area contributed by atoms with E-state index < -0.39 is 5.97 Å². The highest BCUT2D eigenvalue weighted by molar-refractivity contribution is 6.09. The second-order valence-electron chi connectivity index (χ2n) is 6.97. The van der Waals surface area contributed by atoms with Gasteiger partial charge in [0, 0.05) is 6.20 Å². The number of hydrogen-bond acceptors (Lipinski definition) is 6. The van der Waals surface area contributed by atoms with Gasteiger partial charge in [-0.2, -0.15) is 0 Å². The van der Waals surface area contributed by atoms with Gasteiger partial charge in [-0.3, -0.25) is 9.78 Å². The van der Waals surface area contributed by atoms with E-state index in [-0.39, 0.29) is 12.5 Å². The third kappa shape index (κ3) is 8.12. The van der Waals surface area contributed by atoms with Crippen molar-refractivity contribution < 1.29 is 23.8 Å². The zero-order chi connectivity index (χ0) is 26.9. The minimum absolute atomic E-state index is 0.183. The zero-order valence-electron chi connectivity index (χ0n) is 22.4. The summed E-state index contributed by atoms with van der Waals surface area (Å²) in [5, 5.41) is 0.